The summed E-state index contributed by atoms with van der Waals surface area (Å²) >= 11 is 0. The number of H-pyrrole nitrogens is 1. The largest absolute Gasteiger partial charge is 0.494 e. The number of ether oxygens (including phenoxy) is 1. The number of carbonyl (C=O) groups excluding carboxylic acids is 1. The molecule has 0 atom stereocenters. The third kappa shape index (κ3) is 5.62. The van der Waals surface area contributed by atoms with Gasteiger partial charge in [-0.1, -0.05) is 39.0 Å². The fourth-order valence-electron chi connectivity index (χ4n) is 3.17. The summed E-state index contributed by atoms with van der Waals surface area (Å²) in [6.45, 7) is 7.79. The summed E-state index contributed by atoms with van der Waals surface area (Å²) in [5, 5.41) is 4.20. The highest BCUT2D eigenvalue weighted by atomic mass is 16.5. The van der Waals surface area contributed by atoms with E-state index in [2.05, 4.69) is 67.5 Å². The quantitative estimate of drug-likeness (QED) is 0.543. The number of aromatic amines is 1. The molecule has 1 aromatic heterocycles. The average Bonchev–Trinajstić information content (AvgIpc) is 3.13. The van der Waals surface area contributed by atoms with Gasteiger partial charge in [0.1, 0.15) is 5.75 Å². The van der Waals surface area contributed by atoms with Crippen LogP contribution in [0.3, 0.4) is 0 Å². The number of hydrogen-bond acceptors (Lipinski definition) is 2. The highest BCUT2D eigenvalue weighted by Gasteiger charge is 2.12. The lowest BCUT2D eigenvalue weighted by Crippen LogP contribution is -2.25. The smallest absolute Gasteiger partial charge is 0.220 e. The normalized spacial score (nSPS) is 11.5. The lowest BCUT2D eigenvalue weighted by atomic mass is 9.87. The van der Waals surface area contributed by atoms with Gasteiger partial charge in [-0.25, -0.2) is 0 Å². The molecule has 2 aromatic carbocycles. The molecule has 1 heterocycles. The number of fused-ring (bicyclic) bond motifs is 1. The molecule has 0 aliphatic carbocycles. The average molecular weight is 379 g/mol. The molecule has 0 radical (unpaired) electrons. The minimum atomic E-state index is 0.0782. The summed E-state index contributed by atoms with van der Waals surface area (Å²) in [6.07, 6.45) is 3.97. The first-order valence-electron chi connectivity index (χ1n) is 9.98. The molecule has 0 spiro atoms. The van der Waals surface area contributed by atoms with Gasteiger partial charge >= 0.3 is 0 Å². The van der Waals surface area contributed by atoms with Gasteiger partial charge in [-0.3, -0.25) is 4.79 Å². The monoisotopic (exact) mass is 378 g/mol. The summed E-state index contributed by atoms with van der Waals surface area (Å²) < 4.78 is 5.75. The van der Waals surface area contributed by atoms with Crippen molar-refractivity contribution in [3.05, 3.63) is 65.9 Å². The van der Waals surface area contributed by atoms with Gasteiger partial charge in [0.2, 0.25) is 5.91 Å². The van der Waals surface area contributed by atoms with Gasteiger partial charge in [-0.2, -0.15) is 0 Å². The maximum Gasteiger partial charge on any atom is 0.220 e. The number of nitrogens with one attached hydrogen (secondary N) is 2. The van der Waals surface area contributed by atoms with E-state index >= 15 is 0 Å². The Morgan fingerprint density at radius 1 is 1.07 bits per heavy atom. The molecule has 0 aliphatic heterocycles. The highest BCUT2D eigenvalue weighted by Crippen LogP contribution is 2.24. The summed E-state index contributed by atoms with van der Waals surface area (Å²) in [6, 6.07) is 16.6. The minimum absolute atomic E-state index is 0.0782. The van der Waals surface area contributed by atoms with Crippen molar-refractivity contribution in [3.63, 3.8) is 0 Å². The van der Waals surface area contributed by atoms with Crippen molar-refractivity contribution in [3.8, 4) is 5.75 Å². The van der Waals surface area contributed by atoms with Gasteiger partial charge in [0, 0.05) is 24.7 Å². The zero-order chi connectivity index (χ0) is 20.0. The number of aromatic nitrogens is 1. The molecule has 0 unspecified atom stereocenters. The van der Waals surface area contributed by atoms with Gasteiger partial charge in [-0.15, -0.1) is 0 Å². The predicted molar refractivity (Wildman–Crippen MR) is 115 cm³/mol. The van der Waals surface area contributed by atoms with Crippen molar-refractivity contribution in [1.82, 2.24) is 10.3 Å². The molecule has 3 aromatic rings. The molecular formula is C24H30N2O2. The van der Waals surface area contributed by atoms with Gasteiger partial charge in [0.25, 0.3) is 0 Å². The third-order valence-electron chi connectivity index (χ3n) is 4.89. The predicted octanol–water partition coefficient (Wildman–Crippen LogP) is 4.98. The van der Waals surface area contributed by atoms with Crippen molar-refractivity contribution >= 4 is 16.8 Å². The standard InChI is InChI=1S/C24H30N2O2/c1-24(2,3)20-7-9-21(10-8-20)28-16-4-5-23(27)26-14-12-18-6-11-22-19(17-18)13-15-25-22/h6-11,13,15,17,25H,4-5,12,14,16H2,1-3H3,(H,26,27). The van der Waals surface area contributed by atoms with Crippen LogP contribution < -0.4 is 10.1 Å². The zero-order valence-corrected chi connectivity index (χ0v) is 17.0. The summed E-state index contributed by atoms with van der Waals surface area (Å²) in [4.78, 5) is 15.2. The maximum absolute atomic E-state index is 12.0. The van der Waals surface area contributed by atoms with E-state index in [-0.39, 0.29) is 11.3 Å². The van der Waals surface area contributed by atoms with Gasteiger partial charge in [0.05, 0.1) is 6.61 Å². The van der Waals surface area contributed by atoms with E-state index in [9.17, 15) is 4.79 Å². The molecule has 3 rings (SSSR count). The summed E-state index contributed by atoms with van der Waals surface area (Å²) in [7, 11) is 0. The molecule has 148 valence electrons. The first kappa shape index (κ1) is 20.0. The van der Waals surface area contributed by atoms with Crippen LogP contribution in [0, 0.1) is 0 Å². The Morgan fingerprint density at radius 2 is 1.86 bits per heavy atom. The SMILES string of the molecule is CC(C)(C)c1ccc(OCCCC(=O)NCCc2ccc3[nH]ccc3c2)cc1. The molecule has 0 saturated heterocycles. The lowest BCUT2D eigenvalue weighted by Gasteiger charge is -2.19. The Morgan fingerprint density at radius 3 is 2.61 bits per heavy atom. The minimum Gasteiger partial charge on any atom is -0.494 e. The van der Waals surface area contributed by atoms with Crippen LogP contribution in [0.4, 0.5) is 0 Å². The van der Waals surface area contributed by atoms with E-state index in [1.165, 1.54) is 16.5 Å². The van der Waals surface area contributed by atoms with E-state index in [0.717, 1.165) is 17.7 Å². The van der Waals surface area contributed by atoms with Crippen molar-refractivity contribution < 1.29 is 9.53 Å². The molecule has 0 fully saturated rings. The first-order valence-corrected chi connectivity index (χ1v) is 9.98. The van der Waals surface area contributed by atoms with Crippen LogP contribution in [0.2, 0.25) is 0 Å². The molecule has 28 heavy (non-hydrogen) atoms. The number of carbonyl (C=O) groups is 1. The Bertz CT molecular complexity index is 904. The van der Waals surface area contributed by atoms with Gasteiger partial charge in [-0.05, 0) is 65.1 Å². The van der Waals surface area contributed by atoms with Crippen molar-refractivity contribution in [2.45, 2.75) is 45.4 Å². The number of amides is 1. The molecule has 0 saturated carbocycles. The van der Waals surface area contributed by atoms with Crippen molar-refractivity contribution in [1.29, 1.82) is 0 Å². The second kappa shape index (κ2) is 8.96. The van der Waals surface area contributed by atoms with Gasteiger partial charge < -0.3 is 15.0 Å². The second-order valence-corrected chi connectivity index (χ2v) is 8.23. The molecule has 4 nitrogen and oxygen atoms in total. The molecule has 0 aliphatic rings. The Kier molecular flexibility index (Phi) is 6.40. The first-order chi connectivity index (χ1) is 13.4. The van der Waals surface area contributed by atoms with Crippen molar-refractivity contribution in [2.24, 2.45) is 0 Å². The molecular weight excluding hydrogens is 348 g/mol. The van der Waals surface area contributed by atoms with Crippen LogP contribution in [0.5, 0.6) is 5.75 Å². The van der Waals surface area contributed by atoms with E-state index in [1.807, 2.05) is 18.3 Å². The van der Waals surface area contributed by atoms with E-state index in [4.69, 9.17) is 4.74 Å². The Labute approximate surface area is 167 Å². The molecule has 0 bridgehead atoms. The highest BCUT2D eigenvalue weighted by molar-refractivity contribution is 5.80. The summed E-state index contributed by atoms with van der Waals surface area (Å²) in [5.74, 6) is 0.933. The third-order valence-corrected chi connectivity index (χ3v) is 4.89. The van der Waals surface area contributed by atoms with Crippen LogP contribution >= 0.6 is 0 Å². The lowest BCUT2D eigenvalue weighted by molar-refractivity contribution is -0.121. The van der Waals surface area contributed by atoms with E-state index < -0.39 is 0 Å². The van der Waals surface area contributed by atoms with Crippen molar-refractivity contribution in [2.75, 3.05) is 13.2 Å². The van der Waals surface area contributed by atoms with Crippen LogP contribution in [0.25, 0.3) is 10.9 Å². The van der Waals surface area contributed by atoms with E-state index in [1.54, 1.807) is 0 Å². The number of benzene rings is 2. The van der Waals surface area contributed by atoms with Gasteiger partial charge in [0.15, 0.2) is 0 Å². The molecule has 1 amide bonds. The van der Waals surface area contributed by atoms with E-state index in [0.29, 0.717) is 26.0 Å². The molecule has 4 heteroatoms. The maximum atomic E-state index is 12.0. The van der Waals surface area contributed by atoms with Crippen LogP contribution in [0.15, 0.2) is 54.7 Å². The zero-order valence-electron chi connectivity index (χ0n) is 17.0. The fourth-order valence-corrected chi connectivity index (χ4v) is 3.17. The topological polar surface area (TPSA) is 54.1 Å². The number of hydrogen-bond donors (Lipinski definition) is 2. The summed E-state index contributed by atoms with van der Waals surface area (Å²) in [5.41, 5.74) is 3.80. The number of rotatable bonds is 8. The van der Waals surface area contributed by atoms with Crippen LogP contribution in [0.1, 0.15) is 44.7 Å². The Hall–Kier alpha value is -2.75. The second-order valence-electron chi connectivity index (χ2n) is 8.23. The van der Waals surface area contributed by atoms with Crippen LogP contribution in [-0.2, 0) is 16.6 Å². The Balaban J connectivity index is 1.32. The fraction of sp³-hybridized carbons (Fsp3) is 0.375. The van der Waals surface area contributed by atoms with Crippen LogP contribution in [-0.4, -0.2) is 24.0 Å². The molecule has 2 N–H and O–H groups in total.